The molecule has 23 heavy (non-hydrogen) atoms. The topological polar surface area (TPSA) is 95.4 Å². The second-order valence-corrected chi connectivity index (χ2v) is 5.22. The summed E-state index contributed by atoms with van der Waals surface area (Å²) in [5, 5.41) is 11.8. The average Bonchev–Trinajstić information content (AvgIpc) is 2.55. The highest BCUT2D eigenvalue weighted by atomic mass is 16.4. The summed E-state index contributed by atoms with van der Waals surface area (Å²) in [5.41, 5.74) is 1.10. The van der Waals surface area contributed by atoms with E-state index in [1.54, 1.807) is 36.7 Å². The normalized spacial score (nSPS) is 11.6. The molecule has 2 N–H and O–H groups in total. The van der Waals surface area contributed by atoms with Crippen LogP contribution in [0, 0.1) is 0 Å². The number of anilines is 1. The second kappa shape index (κ2) is 7.35. The van der Waals surface area contributed by atoms with Crippen LogP contribution < -0.4 is 10.2 Å². The van der Waals surface area contributed by atoms with Gasteiger partial charge >= 0.3 is 5.97 Å². The Morgan fingerprint density at radius 1 is 1.22 bits per heavy atom. The Balaban J connectivity index is 2.07. The monoisotopic (exact) mass is 314 g/mol. The smallest absolute Gasteiger partial charge is 0.326 e. The van der Waals surface area contributed by atoms with Gasteiger partial charge < -0.3 is 15.3 Å². The Morgan fingerprint density at radius 2 is 1.91 bits per heavy atom. The summed E-state index contributed by atoms with van der Waals surface area (Å²) in [5.74, 6) is -0.842. The van der Waals surface area contributed by atoms with Crippen molar-refractivity contribution in [3.8, 4) is 0 Å². The van der Waals surface area contributed by atoms with Gasteiger partial charge in [0.2, 0.25) is 0 Å². The number of nitrogens with one attached hydrogen (secondary N) is 1. The van der Waals surface area contributed by atoms with Crippen LogP contribution >= 0.6 is 0 Å². The molecule has 1 atom stereocenters. The summed E-state index contributed by atoms with van der Waals surface area (Å²) in [6.07, 6.45) is 4.78. The lowest BCUT2D eigenvalue weighted by atomic mass is 10.1. The molecular weight excluding hydrogens is 296 g/mol. The fraction of sp³-hybridized carbons (Fsp3) is 0.250. The Hall–Kier alpha value is -2.96. The Bertz CT molecular complexity index is 671. The van der Waals surface area contributed by atoms with Crippen LogP contribution in [-0.2, 0) is 11.2 Å². The number of pyridine rings is 2. The number of carboxylic acid groups (broad SMARTS) is 1. The molecule has 0 saturated heterocycles. The van der Waals surface area contributed by atoms with Gasteiger partial charge in [-0.15, -0.1) is 0 Å². The van der Waals surface area contributed by atoms with Crippen LogP contribution in [0.15, 0.2) is 42.9 Å². The molecule has 0 aliphatic carbocycles. The molecule has 1 amide bonds. The number of nitrogens with zero attached hydrogens (tertiary/aromatic N) is 3. The number of amides is 1. The minimum Gasteiger partial charge on any atom is -0.480 e. The van der Waals surface area contributed by atoms with Crippen LogP contribution in [0.4, 0.5) is 5.82 Å². The van der Waals surface area contributed by atoms with E-state index in [4.69, 9.17) is 0 Å². The van der Waals surface area contributed by atoms with Crippen molar-refractivity contribution in [2.24, 2.45) is 0 Å². The number of carboxylic acids is 1. The molecular formula is C16H18N4O3. The molecule has 7 heteroatoms. The highest BCUT2D eigenvalue weighted by molar-refractivity contribution is 5.96. The minimum atomic E-state index is -1.09. The molecule has 1 unspecified atom stereocenters. The van der Waals surface area contributed by atoms with E-state index in [0.717, 1.165) is 5.56 Å². The Labute approximate surface area is 134 Å². The van der Waals surface area contributed by atoms with Gasteiger partial charge in [-0.2, -0.15) is 0 Å². The van der Waals surface area contributed by atoms with Crippen LogP contribution in [0.5, 0.6) is 0 Å². The van der Waals surface area contributed by atoms with Crippen molar-refractivity contribution in [2.75, 3.05) is 19.0 Å². The predicted molar refractivity (Wildman–Crippen MR) is 85.4 cm³/mol. The lowest BCUT2D eigenvalue weighted by Crippen LogP contribution is -2.42. The first-order valence-corrected chi connectivity index (χ1v) is 7.03. The van der Waals surface area contributed by atoms with Crippen LogP contribution in [0.25, 0.3) is 0 Å². The molecule has 0 saturated carbocycles. The molecule has 2 aromatic rings. The molecule has 2 rings (SSSR count). The van der Waals surface area contributed by atoms with Gasteiger partial charge in [-0.3, -0.25) is 9.78 Å². The van der Waals surface area contributed by atoms with Crippen LogP contribution in [0.1, 0.15) is 15.9 Å². The van der Waals surface area contributed by atoms with Crippen LogP contribution in [0.2, 0.25) is 0 Å². The van der Waals surface area contributed by atoms with Gasteiger partial charge in [0.05, 0.1) is 5.56 Å². The summed E-state index contributed by atoms with van der Waals surface area (Å²) in [6.45, 7) is 0. The second-order valence-electron chi connectivity index (χ2n) is 5.22. The summed E-state index contributed by atoms with van der Waals surface area (Å²) < 4.78 is 0. The average molecular weight is 314 g/mol. The molecule has 0 radical (unpaired) electrons. The Morgan fingerprint density at radius 3 is 2.43 bits per heavy atom. The van der Waals surface area contributed by atoms with Crippen LogP contribution in [-0.4, -0.2) is 47.1 Å². The highest BCUT2D eigenvalue weighted by Gasteiger charge is 2.21. The quantitative estimate of drug-likeness (QED) is 0.825. The van der Waals surface area contributed by atoms with E-state index in [1.807, 2.05) is 19.0 Å². The van der Waals surface area contributed by atoms with E-state index >= 15 is 0 Å². The first-order valence-electron chi connectivity index (χ1n) is 7.03. The van der Waals surface area contributed by atoms with Crippen molar-refractivity contribution >= 4 is 17.7 Å². The van der Waals surface area contributed by atoms with E-state index in [-0.39, 0.29) is 6.42 Å². The Kier molecular flexibility index (Phi) is 5.24. The minimum absolute atomic E-state index is 0.187. The van der Waals surface area contributed by atoms with E-state index in [9.17, 15) is 14.7 Å². The largest absolute Gasteiger partial charge is 0.480 e. The van der Waals surface area contributed by atoms with Crippen molar-refractivity contribution in [1.29, 1.82) is 0 Å². The van der Waals surface area contributed by atoms with Gasteiger partial charge in [-0.25, -0.2) is 9.78 Å². The molecule has 0 spiro atoms. The molecule has 2 heterocycles. The van der Waals surface area contributed by atoms with Crippen molar-refractivity contribution in [2.45, 2.75) is 12.5 Å². The van der Waals surface area contributed by atoms with Crippen molar-refractivity contribution < 1.29 is 14.7 Å². The molecule has 2 aromatic heterocycles. The number of hydrogen-bond donors (Lipinski definition) is 2. The third-order valence-corrected chi connectivity index (χ3v) is 3.26. The van der Waals surface area contributed by atoms with E-state index in [0.29, 0.717) is 11.4 Å². The number of aromatic nitrogens is 2. The lowest BCUT2D eigenvalue weighted by Gasteiger charge is -2.15. The zero-order valence-electron chi connectivity index (χ0n) is 12.9. The first kappa shape index (κ1) is 16.4. The number of hydrogen-bond acceptors (Lipinski definition) is 5. The number of carbonyl (C=O) groups excluding carboxylic acids is 1. The van der Waals surface area contributed by atoms with Gasteiger partial charge in [0.15, 0.2) is 0 Å². The summed E-state index contributed by atoms with van der Waals surface area (Å²) in [7, 11) is 3.69. The van der Waals surface area contributed by atoms with Gasteiger partial charge in [-0.1, -0.05) is 0 Å². The fourth-order valence-corrected chi connectivity index (χ4v) is 1.98. The highest BCUT2D eigenvalue weighted by Crippen LogP contribution is 2.09. The van der Waals surface area contributed by atoms with Crippen molar-refractivity contribution in [1.82, 2.24) is 15.3 Å². The third-order valence-electron chi connectivity index (χ3n) is 3.26. The molecule has 120 valence electrons. The summed E-state index contributed by atoms with van der Waals surface area (Å²) in [4.78, 5) is 33.4. The number of carbonyl (C=O) groups is 2. The van der Waals surface area contributed by atoms with Crippen molar-refractivity contribution in [3.63, 3.8) is 0 Å². The number of rotatable bonds is 6. The lowest BCUT2D eigenvalue weighted by molar-refractivity contribution is -0.139. The molecule has 0 aliphatic rings. The fourth-order valence-electron chi connectivity index (χ4n) is 1.98. The van der Waals surface area contributed by atoms with Crippen LogP contribution in [0.3, 0.4) is 0 Å². The maximum absolute atomic E-state index is 12.2. The maximum Gasteiger partial charge on any atom is 0.326 e. The molecule has 0 fully saturated rings. The summed E-state index contributed by atoms with van der Waals surface area (Å²) in [6, 6.07) is 5.74. The van der Waals surface area contributed by atoms with E-state index in [2.05, 4.69) is 15.3 Å². The standard InChI is InChI=1S/C16H18N4O3/c1-20(2)14-4-3-12(10-18-14)15(21)19-13(16(22)23)9-11-5-7-17-8-6-11/h3-8,10,13H,9H2,1-2H3,(H,19,21)(H,22,23). The molecule has 0 bridgehead atoms. The molecule has 0 aliphatic heterocycles. The van der Waals surface area contributed by atoms with Gasteiger partial charge in [0.25, 0.3) is 5.91 Å². The third kappa shape index (κ3) is 4.50. The number of aliphatic carboxylic acids is 1. The summed E-state index contributed by atoms with van der Waals surface area (Å²) >= 11 is 0. The van der Waals surface area contributed by atoms with Crippen molar-refractivity contribution in [3.05, 3.63) is 54.0 Å². The zero-order chi connectivity index (χ0) is 16.8. The van der Waals surface area contributed by atoms with E-state index in [1.165, 1.54) is 6.20 Å². The molecule has 7 nitrogen and oxygen atoms in total. The first-order chi connectivity index (χ1) is 11.0. The molecule has 0 aromatic carbocycles. The predicted octanol–water partition coefficient (Wildman–Crippen LogP) is 0.968. The van der Waals surface area contributed by atoms with Gasteiger partial charge in [0, 0.05) is 39.1 Å². The van der Waals surface area contributed by atoms with E-state index < -0.39 is 17.9 Å². The van der Waals surface area contributed by atoms with Gasteiger partial charge in [-0.05, 0) is 29.8 Å². The van der Waals surface area contributed by atoms with Gasteiger partial charge in [0.1, 0.15) is 11.9 Å². The zero-order valence-corrected chi connectivity index (χ0v) is 12.9. The maximum atomic E-state index is 12.2. The SMILES string of the molecule is CN(C)c1ccc(C(=O)NC(Cc2ccncc2)C(=O)O)cn1.